The summed E-state index contributed by atoms with van der Waals surface area (Å²) in [5, 5.41) is 11.6. The minimum Gasteiger partial charge on any atom is -0.308 e. The van der Waals surface area contributed by atoms with Gasteiger partial charge in [-0.25, -0.2) is 9.48 Å². The molecule has 1 aliphatic heterocycles. The van der Waals surface area contributed by atoms with Crippen LogP contribution in [0.1, 0.15) is 5.82 Å². The highest BCUT2D eigenvalue weighted by molar-refractivity contribution is 4.90. The Morgan fingerprint density at radius 2 is 2.35 bits per heavy atom. The summed E-state index contributed by atoms with van der Waals surface area (Å²) in [6.07, 6.45) is 3.60. The van der Waals surface area contributed by atoms with Crippen LogP contribution >= 0.6 is 0 Å². The second kappa shape index (κ2) is 4.17. The third-order valence-electron chi connectivity index (χ3n) is 2.89. The molecule has 0 saturated carbocycles. The Morgan fingerprint density at radius 1 is 1.41 bits per heavy atom. The minimum absolute atomic E-state index is 0.0198. The van der Waals surface area contributed by atoms with Gasteiger partial charge in [0.15, 0.2) is 0 Å². The molecule has 0 atom stereocenters. The molecule has 0 amide bonds. The van der Waals surface area contributed by atoms with E-state index in [-0.39, 0.29) is 5.69 Å². The van der Waals surface area contributed by atoms with Gasteiger partial charge in [0.05, 0.1) is 19.6 Å². The number of aryl methyl sites for hydroxylation is 2. The maximum atomic E-state index is 12.0. The number of nitrogens with zero attached hydrogens (tertiary/aromatic N) is 5. The maximum Gasteiger partial charge on any atom is 0.346 e. The van der Waals surface area contributed by atoms with Crippen molar-refractivity contribution in [3.05, 3.63) is 34.8 Å². The van der Waals surface area contributed by atoms with E-state index in [0.717, 1.165) is 12.4 Å². The monoisotopic (exact) mass is 234 g/mol. The van der Waals surface area contributed by atoms with Crippen LogP contribution in [0.15, 0.2) is 23.3 Å². The molecule has 0 aliphatic carbocycles. The molecule has 2 aromatic heterocycles. The fourth-order valence-corrected chi connectivity index (χ4v) is 2.01. The largest absolute Gasteiger partial charge is 0.346 e. The lowest BCUT2D eigenvalue weighted by molar-refractivity contribution is 0.482. The molecule has 3 heterocycles. The molecule has 7 nitrogen and oxygen atoms in total. The topological polar surface area (TPSA) is 69.7 Å². The molecule has 0 aromatic carbocycles. The number of fused-ring (bicyclic) bond motifs is 1. The van der Waals surface area contributed by atoms with E-state index in [9.17, 15) is 4.79 Å². The van der Waals surface area contributed by atoms with Gasteiger partial charge in [0.1, 0.15) is 5.82 Å². The van der Waals surface area contributed by atoms with Crippen molar-refractivity contribution in [1.82, 2.24) is 29.4 Å². The van der Waals surface area contributed by atoms with Crippen molar-refractivity contribution in [3.8, 4) is 0 Å². The van der Waals surface area contributed by atoms with Crippen molar-refractivity contribution in [2.75, 3.05) is 6.54 Å². The molecule has 17 heavy (non-hydrogen) atoms. The van der Waals surface area contributed by atoms with Crippen molar-refractivity contribution in [1.29, 1.82) is 0 Å². The number of hydrogen-bond acceptors (Lipinski definition) is 4. The van der Waals surface area contributed by atoms with Gasteiger partial charge in [0.25, 0.3) is 0 Å². The first-order chi connectivity index (χ1) is 8.34. The van der Waals surface area contributed by atoms with E-state index >= 15 is 0 Å². The predicted octanol–water partition coefficient (Wildman–Crippen LogP) is -0.955. The van der Waals surface area contributed by atoms with E-state index in [0.29, 0.717) is 26.2 Å². The first kappa shape index (κ1) is 10.3. The summed E-state index contributed by atoms with van der Waals surface area (Å²) in [6, 6.07) is 1.87. The number of hydrogen-bond donors (Lipinski definition) is 1. The lowest BCUT2D eigenvalue weighted by Crippen LogP contribution is -2.34. The number of aromatic nitrogens is 5. The van der Waals surface area contributed by atoms with Crippen LogP contribution in [0, 0.1) is 0 Å². The average molecular weight is 234 g/mol. The summed E-state index contributed by atoms with van der Waals surface area (Å²) in [5.74, 6) is 0.821. The van der Waals surface area contributed by atoms with Gasteiger partial charge in [0, 0.05) is 25.5 Å². The van der Waals surface area contributed by atoms with E-state index in [1.807, 2.05) is 12.3 Å². The fourth-order valence-electron chi connectivity index (χ4n) is 2.01. The van der Waals surface area contributed by atoms with Crippen LogP contribution in [0.2, 0.25) is 0 Å². The fraction of sp³-hybridized carbons (Fsp3) is 0.500. The zero-order valence-corrected chi connectivity index (χ0v) is 9.41. The van der Waals surface area contributed by atoms with Gasteiger partial charge in [-0.1, -0.05) is 0 Å². The van der Waals surface area contributed by atoms with Crippen LogP contribution in [0.4, 0.5) is 0 Å². The van der Waals surface area contributed by atoms with Crippen LogP contribution in [-0.4, -0.2) is 30.7 Å². The van der Waals surface area contributed by atoms with Crippen LogP contribution in [0.5, 0.6) is 0 Å². The smallest absolute Gasteiger partial charge is 0.308 e. The van der Waals surface area contributed by atoms with Crippen molar-refractivity contribution < 1.29 is 0 Å². The molecule has 90 valence electrons. The van der Waals surface area contributed by atoms with Crippen molar-refractivity contribution in [2.24, 2.45) is 0 Å². The molecule has 0 spiro atoms. The predicted molar refractivity (Wildman–Crippen MR) is 60.4 cm³/mol. The minimum atomic E-state index is -0.0198. The Bertz CT molecular complexity index is 552. The third kappa shape index (κ3) is 1.89. The summed E-state index contributed by atoms with van der Waals surface area (Å²) in [6.45, 7) is 3.43. The highest BCUT2D eigenvalue weighted by atomic mass is 16.2. The highest BCUT2D eigenvalue weighted by Gasteiger charge is 2.15. The van der Waals surface area contributed by atoms with E-state index in [1.165, 1.54) is 4.68 Å². The maximum absolute atomic E-state index is 12.0. The molecule has 1 aliphatic rings. The summed E-state index contributed by atoms with van der Waals surface area (Å²) in [4.78, 5) is 12.0. The number of rotatable bonds is 3. The van der Waals surface area contributed by atoms with Crippen molar-refractivity contribution in [3.63, 3.8) is 0 Å². The zero-order valence-electron chi connectivity index (χ0n) is 9.41. The second-order valence-corrected chi connectivity index (χ2v) is 4.02. The molecule has 1 N–H and O–H groups in total. The van der Waals surface area contributed by atoms with Gasteiger partial charge in [-0.3, -0.25) is 9.25 Å². The Balaban J connectivity index is 1.79. The van der Waals surface area contributed by atoms with Crippen molar-refractivity contribution >= 4 is 0 Å². The molecule has 0 bridgehead atoms. The van der Waals surface area contributed by atoms with Crippen LogP contribution in [-0.2, 0) is 26.2 Å². The first-order valence-corrected chi connectivity index (χ1v) is 5.69. The molecule has 0 radical (unpaired) electrons. The summed E-state index contributed by atoms with van der Waals surface area (Å²) in [7, 11) is 0. The van der Waals surface area contributed by atoms with Gasteiger partial charge >= 0.3 is 5.69 Å². The SMILES string of the molecule is O=c1n(CCn2cccn2)nc2n1CCNC2. The normalized spacial score (nSPS) is 14.8. The summed E-state index contributed by atoms with van der Waals surface area (Å²) >= 11 is 0. The van der Waals surface area contributed by atoms with E-state index in [2.05, 4.69) is 15.5 Å². The molecule has 2 aromatic rings. The average Bonchev–Trinajstić information content (AvgIpc) is 2.96. The van der Waals surface area contributed by atoms with Crippen molar-refractivity contribution in [2.45, 2.75) is 26.2 Å². The lowest BCUT2D eigenvalue weighted by atomic mass is 10.4. The lowest BCUT2D eigenvalue weighted by Gasteiger charge is -2.11. The molecular formula is C10H14N6O. The third-order valence-corrected chi connectivity index (χ3v) is 2.89. The van der Waals surface area contributed by atoms with Gasteiger partial charge in [-0.05, 0) is 6.07 Å². The standard InChI is InChI=1S/C10H14N6O/c17-10-15-5-3-11-8-9(15)13-16(10)7-6-14-4-1-2-12-14/h1-2,4,11H,3,5-8H2. The van der Waals surface area contributed by atoms with Gasteiger partial charge in [0.2, 0.25) is 0 Å². The van der Waals surface area contributed by atoms with Crippen LogP contribution in [0.3, 0.4) is 0 Å². The van der Waals surface area contributed by atoms with E-state index in [1.54, 1.807) is 15.4 Å². The zero-order chi connectivity index (χ0) is 11.7. The quantitative estimate of drug-likeness (QED) is 0.743. The van der Waals surface area contributed by atoms with Crippen LogP contribution in [0.25, 0.3) is 0 Å². The first-order valence-electron chi connectivity index (χ1n) is 5.69. The second-order valence-electron chi connectivity index (χ2n) is 4.02. The van der Waals surface area contributed by atoms with Gasteiger partial charge in [-0.2, -0.15) is 10.2 Å². The van der Waals surface area contributed by atoms with E-state index < -0.39 is 0 Å². The summed E-state index contributed by atoms with van der Waals surface area (Å²) in [5.41, 5.74) is -0.0198. The molecule has 0 unspecified atom stereocenters. The molecule has 7 heteroatoms. The Labute approximate surface area is 97.7 Å². The van der Waals surface area contributed by atoms with Gasteiger partial charge < -0.3 is 5.32 Å². The molecule has 0 fully saturated rings. The molecular weight excluding hydrogens is 220 g/mol. The van der Waals surface area contributed by atoms with E-state index in [4.69, 9.17) is 0 Å². The summed E-state index contributed by atoms with van der Waals surface area (Å²) < 4.78 is 5.05. The Morgan fingerprint density at radius 3 is 3.12 bits per heavy atom. The molecule has 0 saturated heterocycles. The van der Waals surface area contributed by atoms with Gasteiger partial charge in [-0.15, -0.1) is 0 Å². The number of nitrogens with one attached hydrogen (secondary N) is 1. The molecule has 3 rings (SSSR count). The van der Waals surface area contributed by atoms with Crippen LogP contribution < -0.4 is 11.0 Å². The Kier molecular flexibility index (Phi) is 2.52. The highest BCUT2D eigenvalue weighted by Crippen LogP contribution is 1.98. The Hall–Kier alpha value is -1.89.